The summed E-state index contributed by atoms with van der Waals surface area (Å²) in [5, 5.41) is 6.55. The second kappa shape index (κ2) is 6.92. The SMILES string of the molecule is CCCCN1C=c2c(cnc3cc4c(cc23)OCO4)=C2NC(OC)=C(OC)C=C21. The first kappa shape index (κ1) is 17.7. The van der Waals surface area contributed by atoms with Crippen LogP contribution in [-0.2, 0) is 9.47 Å². The van der Waals surface area contributed by atoms with E-state index < -0.39 is 0 Å². The highest BCUT2D eigenvalue weighted by Gasteiger charge is 2.26. The molecule has 1 N–H and O–H groups in total. The minimum absolute atomic E-state index is 0.244. The molecule has 0 aliphatic carbocycles. The van der Waals surface area contributed by atoms with Gasteiger partial charge in [0.15, 0.2) is 17.3 Å². The first-order valence-electron chi connectivity index (χ1n) is 9.76. The van der Waals surface area contributed by atoms with Crippen LogP contribution in [0.2, 0.25) is 0 Å². The molecular formula is C22H23N3O4. The van der Waals surface area contributed by atoms with Crippen LogP contribution in [0.25, 0.3) is 22.8 Å². The summed E-state index contributed by atoms with van der Waals surface area (Å²) in [5.74, 6) is 2.74. The standard InChI is InChI=1S/C22H23N3O4/c1-4-5-6-25-11-15-13-7-18-19(29-12-28-18)8-16(13)23-10-14(15)21-17(25)9-20(26-2)22(24-21)27-3/h7-11,24H,4-6,12H2,1-3H3. The molecule has 7 heteroatoms. The number of methoxy groups -OCH3 is 2. The molecule has 0 bridgehead atoms. The average Bonchev–Trinajstić information content (AvgIpc) is 3.22. The molecule has 3 aliphatic rings. The van der Waals surface area contributed by atoms with Crippen molar-refractivity contribution in [1.82, 2.24) is 15.2 Å². The summed E-state index contributed by atoms with van der Waals surface area (Å²) in [5.41, 5.74) is 2.89. The lowest BCUT2D eigenvalue weighted by atomic mass is 10.0. The zero-order chi connectivity index (χ0) is 20.0. The Balaban J connectivity index is 1.79. The van der Waals surface area contributed by atoms with E-state index in [9.17, 15) is 0 Å². The van der Waals surface area contributed by atoms with Crippen LogP contribution in [0.5, 0.6) is 11.5 Å². The van der Waals surface area contributed by atoms with Crippen molar-refractivity contribution in [3.63, 3.8) is 0 Å². The first-order valence-corrected chi connectivity index (χ1v) is 9.76. The number of hydrogen-bond acceptors (Lipinski definition) is 7. The molecular weight excluding hydrogens is 370 g/mol. The van der Waals surface area contributed by atoms with Crippen LogP contribution in [0.3, 0.4) is 0 Å². The molecule has 150 valence electrons. The fourth-order valence-corrected chi connectivity index (χ4v) is 3.92. The van der Waals surface area contributed by atoms with E-state index >= 15 is 0 Å². The van der Waals surface area contributed by atoms with Crippen molar-refractivity contribution in [1.29, 1.82) is 0 Å². The Hall–Kier alpha value is -3.35. The van der Waals surface area contributed by atoms with Gasteiger partial charge in [-0.25, -0.2) is 0 Å². The summed E-state index contributed by atoms with van der Waals surface area (Å²) in [7, 11) is 3.28. The normalized spacial score (nSPS) is 16.7. The van der Waals surface area contributed by atoms with Gasteiger partial charge in [-0.15, -0.1) is 0 Å². The molecule has 1 aromatic heterocycles. The Kier molecular flexibility index (Phi) is 4.23. The van der Waals surface area contributed by atoms with Crippen LogP contribution in [0, 0.1) is 0 Å². The third-order valence-corrected chi connectivity index (χ3v) is 5.43. The number of fused-ring (bicyclic) bond motifs is 5. The van der Waals surface area contributed by atoms with Crippen LogP contribution < -0.4 is 25.2 Å². The fraction of sp³-hybridized carbons (Fsp3) is 0.318. The lowest BCUT2D eigenvalue weighted by molar-refractivity contribution is 0.174. The number of nitrogens with zero attached hydrogens (tertiary/aromatic N) is 2. The maximum absolute atomic E-state index is 5.60. The van der Waals surface area contributed by atoms with Gasteiger partial charge in [0.25, 0.3) is 0 Å². The molecule has 0 amide bonds. The van der Waals surface area contributed by atoms with Crippen LogP contribution in [-0.4, -0.2) is 37.4 Å². The molecule has 0 atom stereocenters. The number of rotatable bonds is 5. The second-order valence-corrected chi connectivity index (χ2v) is 7.12. The van der Waals surface area contributed by atoms with E-state index in [1.165, 1.54) is 0 Å². The Morgan fingerprint density at radius 1 is 1.17 bits per heavy atom. The molecule has 0 radical (unpaired) electrons. The van der Waals surface area contributed by atoms with Crippen LogP contribution >= 0.6 is 0 Å². The molecule has 7 nitrogen and oxygen atoms in total. The van der Waals surface area contributed by atoms with Gasteiger partial charge in [-0.1, -0.05) is 13.3 Å². The molecule has 0 unspecified atom stereocenters. The second-order valence-electron chi connectivity index (χ2n) is 7.12. The topological polar surface area (TPSA) is 65.1 Å². The maximum Gasteiger partial charge on any atom is 0.234 e. The largest absolute Gasteiger partial charge is 0.491 e. The zero-order valence-corrected chi connectivity index (χ0v) is 16.7. The van der Waals surface area contributed by atoms with E-state index in [-0.39, 0.29) is 6.79 Å². The summed E-state index contributed by atoms with van der Waals surface area (Å²) in [6.07, 6.45) is 8.30. The predicted octanol–water partition coefficient (Wildman–Crippen LogP) is 1.87. The molecule has 0 saturated heterocycles. The lowest BCUT2D eigenvalue weighted by Crippen LogP contribution is -2.44. The van der Waals surface area contributed by atoms with Crippen molar-refractivity contribution in [3.8, 4) is 11.5 Å². The number of dihydropyridines is 1. The predicted molar refractivity (Wildman–Crippen MR) is 109 cm³/mol. The summed E-state index contributed by atoms with van der Waals surface area (Å²) in [4.78, 5) is 6.96. The average molecular weight is 393 g/mol. The number of allylic oxidation sites excluding steroid dienone is 1. The van der Waals surface area contributed by atoms with Gasteiger partial charge < -0.3 is 29.2 Å². The maximum atomic E-state index is 5.60. The van der Waals surface area contributed by atoms with E-state index in [0.29, 0.717) is 11.6 Å². The summed E-state index contributed by atoms with van der Waals surface area (Å²) in [6, 6.07) is 3.96. The number of aromatic nitrogens is 1. The smallest absolute Gasteiger partial charge is 0.234 e. The van der Waals surface area contributed by atoms with Gasteiger partial charge in [0, 0.05) is 46.9 Å². The Bertz CT molecular complexity index is 1180. The molecule has 0 spiro atoms. The van der Waals surface area contributed by atoms with E-state index in [4.69, 9.17) is 23.9 Å². The monoisotopic (exact) mass is 393 g/mol. The minimum atomic E-state index is 0.244. The Morgan fingerprint density at radius 3 is 2.76 bits per heavy atom. The van der Waals surface area contributed by atoms with Crippen LogP contribution in [0.1, 0.15) is 19.8 Å². The van der Waals surface area contributed by atoms with Gasteiger partial charge in [0.1, 0.15) is 0 Å². The molecule has 0 saturated carbocycles. The van der Waals surface area contributed by atoms with Crippen molar-refractivity contribution in [2.75, 3.05) is 27.6 Å². The number of benzene rings is 1. The molecule has 1 aromatic carbocycles. The van der Waals surface area contributed by atoms with Gasteiger partial charge in [-0.2, -0.15) is 0 Å². The third-order valence-electron chi connectivity index (χ3n) is 5.43. The molecule has 5 rings (SSSR count). The van der Waals surface area contributed by atoms with Crippen molar-refractivity contribution >= 4 is 22.8 Å². The Labute approximate surface area is 168 Å². The van der Waals surface area contributed by atoms with E-state index in [1.54, 1.807) is 14.2 Å². The lowest BCUT2D eigenvalue weighted by Gasteiger charge is -2.32. The van der Waals surface area contributed by atoms with Gasteiger partial charge in [-0.3, -0.25) is 4.98 Å². The highest BCUT2D eigenvalue weighted by atomic mass is 16.7. The van der Waals surface area contributed by atoms with E-state index in [1.807, 2.05) is 24.4 Å². The molecule has 3 aliphatic heterocycles. The number of ether oxygens (including phenoxy) is 4. The van der Waals surface area contributed by atoms with E-state index in [0.717, 1.165) is 63.6 Å². The fourth-order valence-electron chi connectivity index (χ4n) is 3.92. The van der Waals surface area contributed by atoms with Crippen molar-refractivity contribution in [2.24, 2.45) is 0 Å². The number of nitrogens with one attached hydrogen (secondary N) is 1. The number of hydrogen-bond donors (Lipinski definition) is 1. The molecule has 2 aromatic rings. The molecule has 0 fully saturated rings. The molecule has 29 heavy (non-hydrogen) atoms. The quantitative estimate of drug-likeness (QED) is 0.832. The van der Waals surface area contributed by atoms with E-state index in [2.05, 4.69) is 23.3 Å². The minimum Gasteiger partial charge on any atom is -0.491 e. The summed E-state index contributed by atoms with van der Waals surface area (Å²) < 4.78 is 22.2. The van der Waals surface area contributed by atoms with Gasteiger partial charge >= 0.3 is 0 Å². The Morgan fingerprint density at radius 2 is 2.00 bits per heavy atom. The summed E-state index contributed by atoms with van der Waals surface area (Å²) in [6.45, 7) is 3.34. The van der Waals surface area contributed by atoms with Crippen molar-refractivity contribution < 1.29 is 18.9 Å². The highest BCUT2D eigenvalue weighted by Crippen LogP contribution is 2.34. The number of unbranched alkanes of at least 4 members (excludes halogenated alkanes) is 1. The third kappa shape index (κ3) is 2.76. The van der Waals surface area contributed by atoms with Gasteiger partial charge in [-0.05, 0) is 12.5 Å². The summed E-state index contributed by atoms with van der Waals surface area (Å²) >= 11 is 0. The zero-order valence-electron chi connectivity index (χ0n) is 16.7. The van der Waals surface area contributed by atoms with Crippen LogP contribution in [0.15, 0.2) is 41.7 Å². The van der Waals surface area contributed by atoms with Crippen molar-refractivity contribution in [2.45, 2.75) is 19.8 Å². The number of pyridine rings is 1. The highest BCUT2D eigenvalue weighted by molar-refractivity contribution is 5.86. The van der Waals surface area contributed by atoms with Crippen molar-refractivity contribution in [3.05, 3.63) is 52.2 Å². The van der Waals surface area contributed by atoms with Gasteiger partial charge in [0.05, 0.1) is 31.1 Å². The van der Waals surface area contributed by atoms with Crippen LogP contribution in [0.4, 0.5) is 0 Å². The first-order chi connectivity index (χ1) is 14.2. The molecule has 4 heterocycles. The van der Waals surface area contributed by atoms with Gasteiger partial charge in [0.2, 0.25) is 12.7 Å².